The average Bonchev–Trinajstić information content (AvgIpc) is 2.81. The van der Waals surface area contributed by atoms with Gasteiger partial charge in [0.2, 0.25) is 0 Å². The van der Waals surface area contributed by atoms with Crippen molar-refractivity contribution in [2.45, 2.75) is 39.2 Å². The lowest BCUT2D eigenvalue weighted by Crippen LogP contribution is -2.32. The Hall–Kier alpha value is -0.560. The van der Waals surface area contributed by atoms with Gasteiger partial charge in [-0.15, -0.1) is 11.8 Å². The molecule has 21 heavy (non-hydrogen) atoms. The van der Waals surface area contributed by atoms with Gasteiger partial charge in [-0.25, -0.2) is 0 Å². The van der Waals surface area contributed by atoms with Crippen LogP contribution in [0.25, 0.3) is 0 Å². The molecule has 0 spiro atoms. The highest BCUT2D eigenvalue weighted by Crippen LogP contribution is 2.35. The van der Waals surface area contributed by atoms with Gasteiger partial charge in [0, 0.05) is 22.5 Å². The molecule has 1 saturated heterocycles. The Balaban J connectivity index is 2.21. The van der Waals surface area contributed by atoms with Gasteiger partial charge in [0.15, 0.2) is 0 Å². The van der Waals surface area contributed by atoms with Gasteiger partial charge in [-0.05, 0) is 18.8 Å². The van der Waals surface area contributed by atoms with Gasteiger partial charge in [-0.3, -0.25) is 4.79 Å². The molecule has 6 heteroatoms. The van der Waals surface area contributed by atoms with E-state index in [-0.39, 0.29) is 31.9 Å². The highest BCUT2D eigenvalue weighted by Gasteiger charge is 2.26. The van der Waals surface area contributed by atoms with Gasteiger partial charge < -0.3 is 20.1 Å². The van der Waals surface area contributed by atoms with Crippen LogP contribution in [0, 0.1) is 11.3 Å². The highest BCUT2D eigenvalue weighted by molar-refractivity contribution is 8.03. The normalized spacial score (nSPS) is 24.5. The van der Waals surface area contributed by atoms with Gasteiger partial charge in [-0.2, -0.15) is 0 Å². The molecule has 0 aromatic heterocycles. The van der Waals surface area contributed by atoms with E-state index in [4.69, 9.17) is 14.9 Å². The van der Waals surface area contributed by atoms with Crippen molar-refractivity contribution in [2.24, 2.45) is 11.3 Å². The monoisotopic (exact) mass is 318 g/mol. The van der Waals surface area contributed by atoms with E-state index in [1.807, 2.05) is 13.0 Å². The lowest BCUT2D eigenvalue weighted by atomic mass is 9.94. The second kappa shape index (κ2) is 8.78. The molecule has 1 aliphatic heterocycles. The first-order valence-corrected chi connectivity index (χ1v) is 8.28. The number of hydrogen-bond acceptors (Lipinski definition) is 6. The fourth-order valence-electron chi connectivity index (χ4n) is 1.82. The summed E-state index contributed by atoms with van der Waals surface area (Å²) in [5.41, 5.74) is -0.779. The molecule has 0 aliphatic carbocycles. The van der Waals surface area contributed by atoms with E-state index in [1.54, 1.807) is 18.7 Å². The maximum atomic E-state index is 11.6. The summed E-state index contributed by atoms with van der Waals surface area (Å²) in [5, 5.41) is 28.1. The van der Waals surface area contributed by atoms with Gasteiger partial charge >= 0.3 is 5.97 Å². The molecule has 122 valence electrons. The summed E-state index contributed by atoms with van der Waals surface area (Å²) in [6, 6.07) is 0. The molecule has 0 aromatic carbocycles. The van der Waals surface area contributed by atoms with E-state index in [2.05, 4.69) is 0 Å². The number of allylic oxidation sites excluding steroid dienone is 1. The van der Waals surface area contributed by atoms with Crippen LogP contribution in [-0.4, -0.2) is 53.0 Å². The number of aliphatic hydroxyl groups excluding tert-OH is 3. The summed E-state index contributed by atoms with van der Waals surface area (Å²) in [7, 11) is 0. The summed E-state index contributed by atoms with van der Waals surface area (Å²) >= 11 is 1.68. The zero-order valence-electron chi connectivity index (χ0n) is 12.7. The zero-order valence-corrected chi connectivity index (χ0v) is 13.6. The van der Waals surface area contributed by atoms with Crippen molar-refractivity contribution in [1.29, 1.82) is 0 Å². The third-order valence-electron chi connectivity index (χ3n) is 3.62. The molecular formula is C15H26O5S. The maximum absolute atomic E-state index is 11.6. The van der Waals surface area contributed by atoms with Crippen molar-refractivity contribution < 1.29 is 24.9 Å². The third kappa shape index (κ3) is 5.98. The van der Waals surface area contributed by atoms with Crippen molar-refractivity contribution >= 4 is 17.7 Å². The number of rotatable bonds is 8. The first-order valence-electron chi connectivity index (χ1n) is 7.30. The van der Waals surface area contributed by atoms with Gasteiger partial charge in [0.1, 0.15) is 6.61 Å². The Morgan fingerprint density at radius 1 is 1.48 bits per heavy atom. The summed E-state index contributed by atoms with van der Waals surface area (Å²) in [6.07, 6.45) is 3.33. The predicted octanol–water partition coefficient (Wildman–Crippen LogP) is 1.32. The molecule has 0 unspecified atom stereocenters. The average molecular weight is 318 g/mol. The quantitative estimate of drug-likeness (QED) is 0.462. The zero-order chi connectivity index (χ0) is 15.9. The van der Waals surface area contributed by atoms with Crippen molar-refractivity contribution in [3.8, 4) is 0 Å². The van der Waals surface area contributed by atoms with Crippen LogP contribution in [0.5, 0.6) is 0 Å². The molecule has 0 saturated carbocycles. The number of hydrogen-bond donors (Lipinski definition) is 3. The molecule has 0 bridgehead atoms. The number of thioether (sulfide) groups is 1. The van der Waals surface area contributed by atoms with Crippen LogP contribution in [0.15, 0.2) is 11.0 Å². The SMILES string of the molecule is C[C@H]1CS/C(=C/CCCC(=O)OCC(C)(CO)CO)[C@H]1O. The number of ether oxygens (including phenoxy) is 1. The number of esters is 1. The first-order chi connectivity index (χ1) is 9.91. The minimum Gasteiger partial charge on any atom is -0.465 e. The fraction of sp³-hybridized carbons (Fsp3) is 0.800. The second-order valence-corrected chi connectivity index (χ2v) is 7.11. The highest BCUT2D eigenvalue weighted by atomic mass is 32.2. The molecule has 0 radical (unpaired) electrons. The molecule has 0 aromatic rings. The van der Waals surface area contributed by atoms with Crippen LogP contribution in [0.3, 0.4) is 0 Å². The largest absolute Gasteiger partial charge is 0.465 e. The lowest BCUT2D eigenvalue weighted by molar-refractivity contribution is -0.149. The van der Waals surface area contributed by atoms with Crippen LogP contribution in [0.2, 0.25) is 0 Å². The Kier molecular flexibility index (Phi) is 7.73. The number of unbranched alkanes of at least 4 members (excludes halogenated alkanes) is 1. The van der Waals surface area contributed by atoms with E-state index in [9.17, 15) is 9.90 Å². The Morgan fingerprint density at radius 2 is 2.14 bits per heavy atom. The first kappa shape index (κ1) is 18.5. The molecule has 1 fully saturated rings. The Labute approximate surface area is 130 Å². The van der Waals surface area contributed by atoms with Crippen LogP contribution < -0.4 is 0 Å². The van der Waals surface area contributed by atoms with Crippen molar-refractivity contribution in [3.63, 3.8) is 0 Å². The van der Waals surface area contributed by atoms with Crippen LogP contribution >= 0.6 is 11.8 Å². The predicted molar refractivity (Wildman–Crippen MR) is 82.8 cm³/mol. The van der Waals surface area contributed by atoms with Gasteiger partial charge in [0.05, 0.1) is 19.3 Å². The van der Waals surface area contributed by atoms with Crippen LogP contribution in [-0.2, 0) is 9.53 Å². The lowest BCUT2D eigenvalue weighted by Gasteiger charge is -2.23. The molecule has 1 rings (SSSR count). The Morgan fingerprint density at radius 3 is 2.67 bits per heavy atom. The fourth-order valence-corrected chi connectivity index (χ4v) is 3.10. The summed E-state index contributed by atoms with van der Waals surface area (Å²) < 4.78 is 5.06. The summed E-state index contributed by atoms with van der Waals surface area (Å²) in [6.45, 7) is 3.25. The van der Waals surface area contributed by atoms with Crippen molar-refractivity contribution in [2.75, 3.05) is 25.6 Å². The summed E-state index contributed by atoms with van der Waals surface area (Å²) in [5.74, 6) is 0.908. The molecule has 0 amide bonds. The van der Waals surface area contributed by atoms with E-state index in [1.165, 1.54) is 0 Å². The minimum atomic E-state index is -0.779. The molecule has 1 heterocycles. The molecular weight excluding hydrogens is 292 g/mol. The van der Waals surface area contributed by atoms with Crippen molar-refractivity contribution in [3.05, 3.63) is 11.0 Å². The van der Waals surface area contributed by atoms with E-state index >= 15 is 0 Å². The van der Waals surface area contributed by atoms with Gasteiger partial charge in [0.25, 0.3) is 0 Å². The summed E-state index contributed by atoms with van der Waals surface area (Å²) in [4.78, 5) is 12.6. The number of carbonyl (C=O) groups excluding carboxylic acids is 1. The second-order valence-electron chi connectivity index (χ2n) is 6.02. The number of carbonyl (C=O) groups is 1. The Bertz CT molecular complexity index is 365. The van der Waals surface area contributed by atoms with Crippen molar-refractivity contribution in [1.82, 2.24) is 0 Å². The molecule has 5 nitrogen and oxygen atoms in total. The maximum Gasteiger partial charge on any atom is 0.305 e. The smallest absolute Gasteiger partial charge is 0.305 e. The molecule has 3 N–H and O–H groups in total. The topological polar surface area (TPSA) is 87.0 Å². The molecule has 1 aliphatic rings. The molecule has 2 atom stereocenters. The number of aliphatic hydroxyl groups is 3. The minimum absolute atomic E-state index is 0.0198. The third-order valence-corrected chi connectivity index (χ3v) is 5.05. The van der Waals surface area contributed by atoms with Gasteiger partial charge in [-0.1, -0.05) is 19.9 Å². The van der Waals surface area contributed by atoms with Crippen LogP contribution in [0.4, 0.5) is 0 Å². The van der Waals surface area contributed by atoms with Crippen LogP contribution in [0.1, 0.15) is 33.1 Å². The van der Waals surface area contributed by atoms with E-state index in [0.29, 0.717) is 18.8 Å². The standard InChI is InChI=1S/C15H26O5S/c1-11-7-21-12(14(11)19)5-3-4-6-13(18)20-10-15(2,8-16)9-17/h5,11,14,16-17,19H,3-4,6-10H2,1-2H3/b12-5+/t11-,14-/m0/s1. The van der Waals surface area contributed by atoms with E-state index in [0.717, 1.165) is 17.1 Å². The van der Waals surface area contributed by atoms with E-state index < -0.39 is 5.41 Å².